The highest BCUT2D eigenvalue weighted by atomic mass is 35.5. The first kappa shape index (κ1) is 22.1. The zero-order valence-corrected chi connectivity index (χ0v) is 18.2. The summed E-state index contributed by atoms with van der Waals surface area (Å²) in [5.41, 5.74) is 1.54. The molecule has 6 nitrogen and oxygen atoms in total. The summed E-state index contributed by atoms with van der Waals surface area (Å²) in [6.07, 6.45) is 1.78. The molecule has 160 valence electrons. The Hall–Kier alpha value is -2.57. The Morgan fingerprint density at radius 3 is 2.67 bits per heavy atom. The summed E-state index contributed by atoms with van der Waals surface area (Å²) in [5.74, 6) is 0.366. The van der Waals surface area contributed by atoms with Gasteiger partial charge in [-0.15, -0.1) is 0 Å². The van der Waals surface area contributed by atoms with Crippen molar-refractivity contribution in [1.29, 1.82) is 0 Å². The lowest BCUT2D eigenvalue weighted by atomic mass is 10.1. The SMILES string of the molecule is CN(C)CCOc1ccc(NC(=O)C2CCCN2C(=O)Cc2ccccc2)cc1Cl. The monoisotopic (exact) mass is 429 g/mol. The van der Waals surface area contributed by atoms with Crippen molar-refractivity contribution in [2.45, 2.75) is 25.3 Å². The number of hydrogen-bond donors (Lipinski definition) is 1. The van der Waals surface area contributed by atoms with Crippen molar-refractivity contribution in [3.63, 3.8) is 0 Å². The minimum atomic E-state index is -0.462. The Morgan fingerprint density at radius 2 is 1.97 bits per heavy atom. The summed E-state index contributed by atoms with van der Waals surface area (Å²) in [6, 6.07) is 14.3. The van der Waals surface area contributed by atoms with Gasteiger partial charge in [0, 0.05) is 18.8 Å². The lowest BCUT2D eigenvalue weighted by Gasteiger charge is -2.24. The van der Waals surface area contributed by atoms with E-state index in [1.165, 1.54) is 0 Å². The Kier molecular flexibility index (Phi) is 7.71. The summed E-state index contributed by atoms with van der Waals surface area (Å²) in [5, 5.41) is 3.33. The molecule has 0 spiro atoms. The molecule has 0 bridgehead atoms. The van der Waals surface area contributed by atoms with Crippen LogP contribution in [0.2, 0.25) is 5.02 Å². The van der Waals surface area contributed by atoms with Crippen molar-refractivity contribution in [3.8, 4) is 5.75 Å². The molecule has 3 rings (SSSR count). The van der Waals surface area contributed by atoms with Crippen molar-refractivity contribution in [1.82, 2.24) is 9.80 Å². The zero-order chi connectivity index (χ0) is 21.5. The van der Waals surface area contributed by atoms with Gasteiger partial charge in [0.25, 0.3) is 0 Å². The molecule has 1 aliphatic rings. The number of hydrogen-bond acceptors (Lipinski definition) is 4. The summed E-state index contributed by atoms with van der Waals surface area (Å²) in [6.45, 7) is 1.91. The van der Waals surface area contributed by atoms with Crippen LogP contribution >= 0.6 is 11.6 Å². The van der Waals surface area contributed by atoms with Crippen molar-refractivity contribution in [2.75, 3.05) is 39.1 Å². The minimum Gasteiger partial charge on any atom is -0.491 e. The molecule has 1 aliphatic heterocycles. The van der Waals surface area contributed by atoms with Gasteiger partial charge >= 0.3 is 0 Å². The Balaban J connectivity index is 1.59. The number of carbonyl (C=O) groups is 2. The second-order valence-electron chi connectivity index (χ2n) is 7.69. The first-order chi connectivity index (χ1) is 14.4. The normalized spacial score (nSPS) is 16.0. The highest BCUT2D eigenvalue weighted by Gasteiger charge is 2.34. The number of halogens is 1. The summed E-state index contributed by atoms with van der Waals surface area (Å²) < 4.78 is 5.67. The third kappa shape index (κ3) is 5.97. The van der Waals surface area contributed by atoms with Crippen LogP contribution < -0.4 is 10.1 Å². The number of benzene rings is 2. The predicted octanol–water partition coefficient (Wildman–Crippen LogP) is 3.45. The molecule has 0 aromatic heterocycles. The molecule has 1 fully saturated rings. The number of anilines is 1. The van der Waals surface area contributed by atoms with Crippen LogP contribution in [0.1, 0.15) is 18.4 Å². The van der Waals surface area contributed by atoms with Crippen molar-refractivity contribution < 1.29 is 14.3 Å². The van der Waals surface area contributed by atoms with E-state index >= 15 is 0 Å². The molecule has 1 heterocycles. The van der Waals surface area contributed by atoms with Crippen molar-refractivity contribution >= 4 is 29.1 Å². The van der Waals surface area contributed by atoms with Crippen LogP contribution in [0.25, 0.3) is 0 Å². The van der Waals surface area contributed by atoms with Crippen LogP contribution in [0.3, 0.4) is 0 Å². The third-order valence-corrected chi connectivity index (χ3v) is 5.36. The van der Waals surface area contributed by atoms with Gasteiger partial charge in [-0.2, -0.15) is 0 Å². The number of amides is 2. The number of ether oxygens (including phenoxy) is 1. The molecule has 2 amide bonds. The molecule has 0 aliphatic carbocycles. The molecule has 1 unspecified atom stereocenters. The van der Waals surface area contributed by atoms with Crippen LogP contribution in [0.15, 0.2) is 48.5 Å². The van der Waals surface area contributed by atoms with Crippen LogP contribution in [0, 0.1) is 0 Å². The van der Waals surface area contributed by atoms with Crippen LogP contribution in [-0.2, 0) is 16.0 Å². The van der Waals surface area contributed by atoms with Gasteiger partial charge in [0.1, 0.15) is 18.4 Å². The average Bonchev–Trinajstić information content (AvgIpc) is 3.20. The van der Waals surface area contributed by atoms with Crippen LogP contribution in [0.5, 0.6) is 5.75 Å². The molecule has 2 aromatic carbocycles. The van der Waals surface area contributed by atoms with Gasteiger partial charge < -0.3 is 19.9 Å². The quantitative estimate of drug-likeness (QED) is 0.698. The maximum Gasteiger partial charge on any atom is 0.247 e. The second kappa shape index (κ2) is 10.5. The maximum atomic E-state index is 12.8. The maximum absolute atomic E-state index is 12.8. The topological polar surface area (TPSA) is 61.9 Å². The number of rotatable bonds is 8. The van der Waals surface area contributed by atoms with Gasteiger partial charge in [-0.3, -0.25) is 9.59 Å². The molecular formula is C23H28ClN3O3. The van der Waals surface area contributed by atoms with Gasteiger partial charge in [-0.1, -0.05) is 41.9 Å². The number of nitrogens with one attached hydrogen (secondary N) is 1. The molecule has 1 saturated heterocycles. The minimum absolute atomic E-state index is 0.0264. The van der Waals surface area contributed by atoms with E-state index in [4.69, 9.17) is 16.3 Å². The van der Waals surface area contributed by atoms with Gasteiger partial charge in [-0.05, 0) is 50.7 Å². The van der Waals surface area contributed by atoms with Gasteiger partial charge in [0.2, 0.25) is 11.8 Å². The van der Waals surface area contributed by atoms with Gasteiger partial charge in [0.15, 0.2) is 0 Å². The van der Waals surface area contributed by atoms with E-state index in [-0.39, 0.29) is 11.8 Å². The van der Waals surface area contributed by atoms with Crippen molar-refractivity contribution in [3.05, 3.63) is 59.1 Å². The number of likely N-dealkylation sites (tertiary alicyclic amines) is 1. The highest BCUT2D eigenvalue weighted by molar-refractivity contribution is 6.32. The third-order valence-electron chi connectivity index (χ3n) is 5.07. The molecule has 7 heteroatoms. The fourth-order valence-corrected chi connectivity index (χ4v) is 3.70. The highest BCUT2D eigenvalue weighted by Crippen LogP contribution is 2.28. The molecule has 1 N–H and O–H groups in total. The van der Waals surface area contributed by atoms with E-state index in [0.29, 0.717) is 42.5 Å². The zero-order valence-electron chi connectivity index (χ0n) is 17.4. The van der Waals surface area contributed by atoms with E-state index in [1.807, 2.05) is 49.3 Å². The van der Waals surface area contributed by atoms with E-state index in [1.54, 1.807) is 23.1 Å². The fourth-order valence-electron chi connectivity index (χ4n) is 3.47. The number of carbonyl (C=O) groups excluding carboxylic acids is 2. The lowest BCUT2D eigenvalue weighted by molar-refractivity contribution is -0.136. The standard InChI is InChI=1S/C23H28ClN3O3/c1-26(2)13-14-30-21-11-10-18(16-19(21)24)25-23(29)20-9-6-12-27(20)22(28)15-17-7-4-3-5-8-17/h3-5,7-8,10-11,16,20H,6,9,12-15H2,1-2H3,(H,25,29). The summed E-state index contributed by atoms with van der Waals surface area (Å²) >= 11 is 6.30. The largest absolute Gasteiger partial charge is 0.491 e. The summed E-state index contributed by atoms with van der Waals surface area (Å²) in [7, 11) is 3.95. The Labute approximate surface area is 182 Å². The van der Waals surface area contributed by atoms with E-state index in [2.05, 4.69) is 5.32 Å². The first-order valence-corrected chi connectivity index (χ1v) is 10.5. The van der Waals surface area contributed by atoms with Gasteiger partial charge in [-0.25, -0.2) is 0 Å². The number of likely N-dealkylation sites (N-methyl/N-ethyl adjacent to an activating group) is 1. The number of nitrogens with zero attached hydrogens (tertiary/aromatic N) is 2. The van der Waals surface area contributed by atoms with E-state index in [9.17, 15) is 9.59 Å². The van der Waals surface area contributed by atoms with E-state index < -0.39 is 6.04 Å². The second-order valence-corrected chi connectivity index (χ2v) is 8.10. The molecule has 30 heavy (non-hydrogen) atoms. The van der Waals surface area contributed by atoms with Gasteiger partial charge in [0.05, 0.1) is 11.4 Å². The molecule has 0 radical (unpaired) electrons. The Morgan fingerprint density at radius 1 is 1.20 bits per heavy atom. The molecule has 2 aromatic rings. The predicted molar refractivity (Wildman–Crippen MR) is 119 cm³/mol. The van der Waals surface area contributed by atoms with Crippen LogP contribution in [-0.4, -0.2) is 61.4 Å². The molecular weight excluding hydrogens is 402 g/mol. The average molecular weight is 430 g/mol. The van der Waals surface area contributed by atoms with Crippen LogP contribution in [0.4, 0.5) is 5.69 Å². The molecule has 1 atom stereocenters. The molecule has 0 saturated carbocycles. The van der Waals surface area contributed by atoms with Crippen molar-refractivity contribution in [2.24, 2.45) is 0 Å². The van der Waals surface area contributed by atoms with E-state index in [0.717, 1.165) is 18.5 Å². The summed E-state index contributed by atoms with van der Waals surface area (Å²) in [4.78, 5) is 29.3. The lowest BCUT2D eigenvalue weighted by Crippen LogP contribution is -2.43. The fraction of sp³-hybridized carbons (Fsp3) is 0.391. The smallest absolute Gasteiger partial charge is 0.247 e. The first-order valence-electron chi connectivity index (χ1n) is 10.2. The Bertz CT molecular complexity index is 873.